The Morgan fingerprint density at radius 1 is 1.09 bits per heavy atom. The van der Waals surface area contributed by atoms with Crippen molar-refractivity contribution in [3.63, 3.8) is 0 Å². The fraction of sp³-hybridized carbons (Fsp3) is 0.304. The summed E-state index contributed by atoms with van der Waals surface area (Å²) in [5.41, 5.74) is 2.11. The maximum absolute atomic E-state index is 13.1. The van der Waals surface area contributed by atoms with Crippen LogP contribution in [0.15, 0.2) is 72.0 Å². The summed E-state index contributed by atoms with van der Waals surface area (Å²) in [5.74, 6) is -0.238. The van der Waals surface area contributed by atoms with Crippen LogP contribution < -0.4 is 10.2 Å². The van der Waals surface area contributed by atoms with Crippen LogP contribution in [0.5, 0.6) is 0 Å². The van der Waals surface area contributed by atoms with Gasteiger partial charge in [-0.1, -0.05) is 60.3 Å². The van der Waals surface area contributed by atoms with Crippen molar-refractivity contribution in [2.24, 2.45) is 0 Å². The van der Waals surface area contributed by atoms with Gasteiger partial charge in [0.1, 0.15) is 6.54 Å². The number of hydrogen-bond donors (Lipinski definition) is 1. The van der Waals surface area contributed by atoms with Crippen molar-refractivity contribution >= 4 is 23.4 Å². The number of nitrogens with one attached hydrogen (secondary N) is 1. The zero-order valence-corrected chi connectivity index (χ0v) is 18.5. The molecular formula is C23H25F3N4OS. The number of benzene rings is 2. The van der Waals surface area contributed by atoms with Gasteiger partial charge in [-0.3, -0.25) is 4.79 Å². The minimum atomic E-state index is -4.40. The monoisotopic (exact) mass is 462 g/mol. The molecule has 0 radical (unpaired) electrons. The number of para-hydroxylation sites is 1. The lowest BCUT2D eigenvalue weighted by molar-refractivity contribution is -0.141. The number of alkyl halides is 3. The molecule has 3 aromatic rings. The van der Waals surface area contributed by atoms with Gasteiger partial charge in [-0.25, -0.2) is 4.98 Å². The Morgan fingerprint density at radius 3 is 2.41 bits per heavy atom. The van der Waals surface area contributed by atoms with Gasteiger partial charge < -0.3 is 14.8 Å². The smallest absolute Gasteiger partial charge is 0.375 e. The molecule has 0 fully saturated rings. The van der Waals surface area contributed by atoms with Gasteiger partial charge in [-0.15, -0.1) is 0 Å². The first kappa shape index (κ1) is 23.7. The molecule has 0 unspecified atom stereocenters. The average molecular weight is 463 g/mol. The number of halogens is 3. The van der Waals surface area contributed by atoms with E-state index in [-0.39, 0.29) is 16.8 Å². The number of thioether (sulfide) groups is 1. The number of imidazole rings is 1. The number of anilines is 1. The van der Waals surface area contributed by atoms with Gasteiger partial charge in [0.25, 0.3) is 0 Å². The Kier molecular flexibility index (Phi) is 8.21. The van der Waals surface area contributed by atoms with E-state index >= 15 is 0 Å². The summed E-state index contributed by atoms with van der Waals surface area (Å²) in [6.45, 7) is 0.101. The standard InChI is InChI=1S/C23H25F3N4OS/c1-29(19-11-6-3-7-12-19)14-8-13-27-21(31)16-32-22-28-15-20(18-9-4-2-5-10-18)30(22)17-23(24,25)26/h2-7,9-12,15H,8,13-14,16-17H2,1H3,(H,27,31). The van der Waals surface area contributed by atoms with E-state index in [1.54, 1.807) is 30.3 Å². The van der Waals surface area contributed by atoms with Crippen molar-refractivity contribution in [3.8, 4) is 11.3 Å². The quantitative estimate of drug-likeness (QED) is 0.346. The van der Waals surface area contributed by atoms with Gasteiger partial charge in [0.05, 0.1) is 17.6 Å². The Hall–Kier alpha value is -2.94. The summed E-state index contributed by atoms with van der Waals surface area (Å²) in [5, 5.41) is 2.99. The molecule has 0 aliphatic carbocycles. The molecule has 1 N–H and O–H groups in total. The molecule has 1 amide bonds. The highest BCUT2D eigenvalue weighted by Crippen LogP contribution is 2.29. The maximum Gasteiger partial charge on any atom is 0.406 e. The molecular weight excluding hydrogens is 437 g/mol. The van der Waals surface area contributed by atoms with Gasteiger partial charge >= 0.3 is 6.18 Å². The van der Waals surface area contributed by atoms with Crippen LogP contribution in [0.3, 0.4) is 0 Å². The summed E-state index contributed by atoms with van der Waals surface area (Å²) >= 11 is 1.00. The van der Waals surface area contributed by atoms with E-state index in [0.29, 0.717) is 17.8 Å². The van der Waals surface area contributed by atoms with Crippen molar-refractivity contribution in [2.45, 2.75) is 24.3 Å². The predicted molar refractivity (Wildman–Crippen MR) is 122 cm³/mol. The Balaban J connectivity index is 1.52. The number of carbonyl (C=O) groups is 1. The Bertz CT molecular complexity index is 993. The van der Waals surface area contributed by atoms with Crippen LogP contribution in [0.2, 0.25) is 0 Å². The van der Waals surface area contributed by atoms with E-state index < -0.39 is 12.7 Å². The van der Waals surface area contributed by atoms with Gasteiger partial charge in [0, 0.05) is 25.8 Å². The van der Waals surface area contributed by atoms with E-state index in [9.17, 15) is 18.0 Å². The van der Waals surface area contributed by atoms with Crippen molar-refractivity contribution in [1.29, 1.82) is 0 Å². The number of rotatable bonds is 10. The molecule has 32 heavy (non-hydrogen) atoms. The maximum atomic E-state index is 13.1. The van der Waals surface area contributed by atoms with Crippen LogP contribution in [-0.2, 0) is 11.3 Å². The average Bonchev–Trinajstić information content (AvgIpc) is 3.17. The zero-order valence-electron chi connectivity index (χ0n) is 17.7. The first-order chi connectivity index (χ1) is 15.3. The first-order valence-corrected chi connectivity index (χ1v) is 11.2. The molecule has 170 valence electrons. The van der Waals surface area contributed by atoms with Crippen molar-refractivity contribution in [3.05, 3.63) is 66.9 Å². The van der Waals surface area contributed by atoms with Crippen molar-refractivity contribution in [1.82, 2.24) is 14.9 Å². The summed E-state index contributed by atoms with van der Waals surface area (Å²) in [6, 6.07) is 18.7. The molecule has 0 atom stereocenters. The minimum absolute atomic E-state index is 0.00236. The predicted octanol–water partition coefficient (Wildman–Crippen LogP) is 4.85. The SMILES string of the molecule is CN(CCCNC(=O)CSc1ncc(-c2ccccc2)n1CC(F)(F)F)c1ccccc1. The number of nitrogens with zero attached hydrogens (tertiary/aromatic N) is 3. The molecule has 0 saturated heterocycles. The van der Waals surface area contributed by atoms with Gasteiger partial charge in [0.15, 0.2) is 5.16 Å². The second kappa shape index (κ2) is 11.1. The topological polar surface area (TPSA) is 50.2 Å². The molecule has 0 spiro atoms. The molecule has 0 aliphatic rings. The molecule has 0 aliphatic heterocycles. The first-order valence-electron chi connectivity index (χ1n) is 10.2. The highest BCUT2D eigenvalue weighted by atomic mass is 32.2. The number of carbonyl (C=O) groups excluding carboxylic acids is 1. The minimum Gasteiger partial charge on any atom is -0.375 e. The number of aromatic nitrogens is 2. The summed E-state index contributed by atoms with van der Waals surface area (Å²) in [4.78, 5) is 18.4. The van der Waals surface area contributed by atoms with Crippen LogP contribution in [-0.4, -0.2) is 47.5 Å². The third-order valence-electron chi connectivity index (χ3n) is 4.75. The highest BCUT2D eigenvalue weighted by Gasteiger charge is 2.31. The van der Waals surface area contributed by atoms with Crippen molar-refractivity contribution < 1.29 is 18.0 Å². The Morgan fingerprint density at radius 2 is 1.75 bits per heavy atom. The van der Waals surface area contributed by atoms with E-state index in [1.165, 1.54) is 6.20 Å². The van der Waals surface area contributed by atoms with Crippen LogP contribution in [0, 0.1) is 0 Å². The lowest BCUT2D eigenvalue weighted by Crippen LogP contribution is -2.29. The summed E-state index contributed by atoms with van der Waals surface area (Å²) < 4.78 is 40.6. The lowest BCUT2D eigenvalue weighted by atomic mass is 10.2. The second-order valence-electron chi connectivity index (χ2n) is 7.24. The van der Waals surface area contributed by atoms with Crippen LogP contribution in [0.25, 0.3) is 11.3 Å². The third kappa shape index (κ3) is 7.05. The summed E-state index contributed by atoms with van der Waals surface area (Å²) in [6.07, 6.45) is -2.23. The molecule has 1 heterocycles. The fourth-order valence-corrected chi connectivity index (χ4v) is 3.99. The third-order valence-corrected chi connectivity index (χ3v) is 5.74. The molecule has 1 aromatic heterocycles. The van der Waals surface area contributed by atoms with Crippen LogP contribution >= 0.6 is 11.8 Å². The molecule has 0 saturated carbocycles. The van der Waals surface area contributed by atoms with E-state index in [4.69, 9.17) is 0 Å². The molecule has 0 bridgehead atoms. The highest BCUT2D eigenvalue weighted by molar-refractivity contribution is 7.99. The van der Waals surface area contributed by atoms with E-state index in [2.05, 4.69) is 15.2 Å². The van der Waals surface area contributed by atoms with E-state index in [0.717, 1.165) is 35.0 Å². The van der Waals surface area contributed by atoms with Crippen LogP contribution in [0.1, 0.15) is 6.42 Å². The summed E-state index contributed by atoms with van der Waals surface area (Å²) in [7, 11) is 1.98. The van der Waals surface area contributed by atoms with Gasteiger partial charge in [-0.05, 0) is 24.1 Å². The van der Waals surface area contributed by atoms with Gasteiger partial charge in [0.2, 0.25) is 5.91 Å². The number of amides is 1. The second-order valence-corrected chi connectivity index (χ2v) is 8.19. The lowest BCUT2D eigenvalue weighted by Gasteiger charge is -2.19. The normalized spacial score (nSPS) is 11.4. The number of hydrogen-bond acceptors (Lipinski definition) is 4. The zero-order chi connectivity index (χ0) is 23.0. The largest absolute Gasteiger partial charge is 0.406 e. The molecule has 2 aromatic carbocycles. The van der Waals surface area contributed by atoms with Gasteiger partial charge in [-0.2, -0.15) is 13.2 Å². The van der Waals surface area contributed by atoms with E-state index in [1.807, 2.05) is 37.4 Å². The molecule has 9 heteroatoms. The fourth-order valence-electron chi connectivity index (χ4n) is 3.18. The molecule has 5 nitrogen and oxygen atoms in total. The Labute approximate surface area is 189 Å². The van der Waals surface area contributed by atoms with Crippen LogP contribution in [0.4, 0.5) is 18.9 Å². The van der Waals surface area contributed by atoms with Crippen molar-refractivity contribution in [2.75, 3.05) is 30.8 Å². The molecule has 3 rings (SSSR count).